The first-order chi connectivity index (χ1) is 12.8. The van der Waals surface area contributed by atoms with Crippen LogP contribution >= 0.6 is 0 Å². The molecule has 6 heteroatoms. The van der Waals surface area contributed by atoms with Crippen molar-refractivity contribution in [3.63, 3.8) is 0 Å². The van der Waals surface area contributed by atoms with Gasteiger partial charge in [0, 0.05) is 12.5 Å². The first-order valence-corrected chi connectivity index (χ1v) is 8.95. The van der Waals surface area contributed by atoms with Crippen molar-refractivity contribution in [1.82, 2.24) is 10.6 Å². The van der Waals surface area contributed by atoms with Crippen LogP contribution in [0, 0.1) is 29.9 Å². The Hall–Kier alpha value is -2.68. The number of hydrogen-bond acceptors (Lipinski definition) is 2. The second kappa shape index (κ2) is 11.8. The number of nitrogens with one attached hydrogen (secondary N) is 2. The number of amides is 2. The van der Waals surface area contributed by atoms with Crippen molar-refractivity contribution in [2.24, 2.45) is 5.92 Å². The maximum absolute atomic E-state index is 13.4. The fourth-order valence-corrected chi connectivity index (χ4v) is 2.49. The van der Waals surface area contributed by atoms with Gasteiger partial charge in [-0.2, -0.15) is 0 Å². The molecular weight excluding hydrogens is 350 g/mol. The number of benzene rings is 1. The van der Waals surface area contributed by atoms with Gasteiger partial charge in [0.1, 0.15) is 17.7 Å². The van der Waals surface area contributed by atoms with Gasteiger partial charge in [0.05, 0.1) is 6.54 Å². The molecule has 146 valence electrons. The molecule has 0 saturated carbocycles. The highest BCUT2D eigenvalue weighted by molar-refractivity contribution is 5.93. The quantitative estimate of drug-likeness (QED) is 0.374. The van der Waals surface area contributed by atoms with Crippen molar-refractivity contribution in [2.75, 3.05) is 6.54 Å². The van der Waals surface area contributed by atoms with Gasteiger partial charge in [-0.3, -0.25) is 9.59 Å². The van der Waals surface area contributed by atoms with Crippen molar-refractivity contribution in [2.45, 2.75) is 45.6 Å². The largest absolute Gasteiger partial charge is 0.343 e. The van der Waals surface area contributed by atoms with E-state index in [0.717, 1.165) is 37.5 Å². The highest BCUT2D eigenvalue weighted by Crippen LogP contribution is 2.11. The third-order valence-electron chi connectivity index (χ3n) is 3.78. The van der Waals surface area contributed by atoms with Crippen LogP contribution in [0.3, 0.4) is 0 Å². The molecule has 1 aromatic carbocycles. The molecule has 0 aliphatic heterocycles. The first-order valence-electron chi connectivity index (χ1n) is 8.95. The zero-order valence-corrected chi connectivity index (χ0v) is 15.7. The Morgan fingerprint density at radius 2 is 1.89 bits per heavy atom. The molecule has 0 aromatic heterocycles. The van der Waals surface area contributed by atoms with E-state index in [1.165, 1.54) is 6.08 Å². The lowest BCUT2D eigenvalue weighted by molar-refractivity contribution is -0.126. The minimum absolute atomic E-state index is 0.00619. The lowest BCUT2D eigenvalue weighted by Gasteiger charge is -2.17. The predicted octanol–water partition coefficient (Wildman–Crippen LogP) is 3.12. The Kier molecular flexibility index (Phi) is 9.81. The van der Waals surface area contributed by atoms with Crippen molar-refractivity contribution in [3.05, 3.63) is 47.5 Å². The molecule has 2 amide bonds. The fraction of sp³-hybridized carbons (Fsp3) is 0.429. The van der Waals surface area contributed by atoms with Gasteiger partial charge in [-0.15, -0.1) is 6.42 Å². The number of unbranched alkanes of at least 4 members (excludes halogenated alkanes) is 1. The average Bonchev–Trinajstić information content (AvgIpc) is 2.57. The van der Waals surface area contributed by atoms with Gasteiger partial charge in [-0.05, 0) is 42.5 Å². The fourth-order valence-electron chi connectivity index (χ4n) is 2.49. The molecule has 0 aliphatic carbocycles. The van der Waals surface area contributed by atoms with E-state index >= 15 is 0 Å². The summed E-state index contributed by atoms with van der Waals surface area (Å²) in [6.45, 7) is 4.25. The molecule has 0 heterocycles. The maximum Gasteiger partial charge on any atom is 0.244 e. The Balaban J connectivity index is 2.73. The molecule has 1 aromatic rings. The Morgan fingerprint density at radius 3 is 2.48 bits per heavy atom. The molecule has 0 bridgehead atoms. The van der Waals surface area contributed by atoms with E-state index in [1.807, 2.05) is 0 Å². The van der Waals surface area contributed by atoms with Gasteiger partial charge in [0.25, 0.3) is 0 Å². The van der Waals surface area contributed by atoms with Crippen LogP contribution in [0.25, 0.3) is 0 Å². The standard InChI is InChI=1S/C21H26F2N2O2/c1-4-10-24-21(27)19(13-16-11-17(22)14-18(23)12-16)25-20(26)9-7-5-6-8-15(2)3/h1,7,9,11-12,14-15,19H,5-6,8,10,13H2,2-3H3,(H,24,27)(H,25,26)/b9-7+/t19-/m0/s1. The Morgan fingerprint density at radius 1 is 1.22 bits per heavy atom. The van der Waals surface area contributed by atoms with Crippen LogP contribution in [-0.4, -0.2) is 24.4 Å². The lowest BCUT2D eigenvalue weighted by Crippen LogP contribution is -2.47. The predicted molar refractivity (Wildman–Crippen MR) is 102 cm³/mol. The van der Waals surface area contributed by atoms with Crippen LogP contribution in [0.5, 0.6) is 0 Å². The summed E-state index contributed by atoms with van der Waals surface area (Å²) < 4.78 is 26.7. The van der Waals surface area contributed by atoms with Gasteiger partial charge >= 0.3 is 0 Å². The minimum atomic E-state index is -0.993. The second-order valence-corrected chi connectivity index (χ2v) is 6.69. The highest BCUT2D eigenvalue weighted by Gasteiger charge is 2.20. The van der Waals surface area contributed by atoms with Gasteiger partial charge in [-0.25, -0.2) is 8.78 Å². The number of allylic oxidation sites excluding steroid dienone is 1. The summed E-state index contributed by atoms with van der Waals surface area (Å²) in [5.74, 6) is 0.414. The van der Waals surface area contributed by atoms with Crippen LogP contribution in [0.1, 0.15) is 38.7 Å². The average molecular weight is 376 g/mol. The van der Waals surface area contributed by atoms with Crippen LogP contribution in [0.4, 0.5) is 8.78 Å². The van der Waals surface area contributed by atoms with Crippen molar-refractivity contribution >= 4 is 11.8 Å². The summed E-state index contributed by atoms with van der Waals surface area (Å²) in [5.41, 5.74) is 0.259. The highest BCUT2D eigenvalue weighted by atomic mass is 19.1. The molecule has 4 nitrogen and oxygen atoms in total. The Bertz CT molecular complexity index is 688. The number of terminal acetylenes is 1. The monoisotopic (exact) mass is 376 g/mol. The molecule has 0 unspecified atom stereocenters. The van der Waals surface area contributed by atoms with E-state index in [4.69, 9.17) is 6.42 Å². The van der Waals surface area contributed by atoms with Crippen LogP contribution < -0.4 is 10.6 Å². The first kappa shape index (κ1) is 22.4. The van der Waals surface area contributed by atoms with Crippen LogP contribution in [0.2, 0.25) is 0 Å². The SMILES string of the molecule is C#CCNC(=O)[C@H](Cc1cc(F)cc(F)c1)NC(=O)/C=C/CCCC(C)C. The third-order valence-corrected chi connectivity index (χ3v) is 3.78. The van der Waals surface area contributed by atoms with Crippen molar-refractivity contribution in [1.29, 1.82) is 0 Å². The van der Waals surface area contributed by atoms with E-state index in [1.54, 1.807) is 6.08 Å². The summed E-state index contributed by atoms with van der Waals surface area (Å²) >= 11 is 0. The third kappa shape index (κ3) is 9.55. The van der Waals surface area contributed by atoms with Gasteiger partial charge < -0.3 is 10.6 Å². The van der Waals surface area contributed by atoms with Gasteiger partial charge in [0.2, 0.25) is 11.8 Å². The second-order valence-electron chi connectivity index (χ2n) is 6.69. The zero-order valence-electron chi connectivity index (χ0n) is 15.7. The molecule has 0 fully saturated rings. The summed E-state index contributed by atoms with van der Waals surface area (Å²) in [7, 11) is 0. The molecule has 0 saturated heterocycles. The summed E-state index contributed by atoms with van der Waals surface area (Å²) in [5, 5.41) is 5.04. The van der Waals surface area contributed by atoms with Crippen LogP contribution in [0.15, 0.2) is 30.4 Å². The molecule has 27 heavy (non-hydrogen) atoms. The normalized spacial score (nSPS) is 12.0. The molecule has 2 N–H and O–H groups in total. The van der Waals surface area contributed by atoms with E-state index < -0.39 is 29.5 Å². The molecule has 1 atom stereocenters. The minimum Gasteiger partial charge on any atom is -0.343 e. The van der Waals surface area contributed by atoms with Gasteiger partial charge in [0.15, 0.2) is 0 Å². The van der Waals surface area contributed by atoms with E-state index in [9.17, 15) is 18.4 Å². The molecule has 0 radical (unpaired) electrons. The molecule has 1 rings (SSSR count). The van der Waals surface area contributed by atoms with E-state index in [0.29, 0.717) is 5.92 Å². The van der Waals surface area contributed by atoms with E-state index in [-0.39, 0.29) is 18.5 Å². The zero-order chi connectivity index (χ0) is 20.2. The number of carbonyl (C=O) groups excluding carboxylic acids is 2. The molecule has 0 spiro atoms. The van der Waals surface area contributed by atoms with Crippen molar-refractivity contribution in [3.8, 4) is 12.3 Å². The topological polar surface area (TPSA) is 58.2 Å². The maximum atomic E-state index is 13.4. The summed E-state index contributed by atoms with van der Waals surface area (Å²) in [4.78, 5) is 24.3. The van der Waals surface area contributed by atoms with E-state index in [2.05, 4.69) is 30.4 Å². The number of carbonyl (C=O) groups is 2. The smallest absolute Gasteiger partial charge is 0.244 e. The summed E-state index contributed by atoms with van der Waals surface area (Å²) in [6, 6.07) is 2.00. The number of hydrogen-bond donors (Lipinski definition) is 2. The number of rotatable bonds is 10. The van der Waals surface area contributed by atoms with Gasteiger partial charge in [-0.1, -0.05) is 32.3 Å². The Labute approximate surface area is 159 Å². The molecular formula is C21H26F2N2O2. The van der Waals surface area contributed by atoms with Crippen molar-refractivity contribution < 1.29 is 18.4 Å². The number of halogens is 2. The molecule has 0 aliphatic rings. The van der Waals surface area contributed by atoms with Crippen LogP contribution in [-0.2, 0) is 16.0 Å². The lowest BCUT2D eigenvalue weighted by atomic mass is 10.0. The summed E-state index contributed by atoms with van der Waals surface area (Å²) in [6.07, 6.45) is 11.0.